The molecule has 7 heteroatoms. The van der Waals surface area contributed by atoms with Gasteiger partial charge in [0.1, 0.15) is 18.0 Å². The Morgan fingerprint density at radius 2 is 1.89 bits per heavy atom. The lowest BCUT2D eigenvalue weighted by Gasteiger charge is -2.75. The molecule has 36 heavy (non-hydrogen) atoms. The Morgan fingerprint density at radius 3 is 2.61 bits per heavy atom. The fourth-order valence-electron chi connectivity index (χ4n) is 9.17. The van der Waals surface area contributed by atoms with E-state index >= 15 is 0 Å². The molecule has 7 nitrogen and oxygen atoms in total. The zero-order valence-electron chi connectivity index (χ0n) is 20.9. The standard InChI is InChI=1S/C29H36O7/c1-16-14-28-20(27-15-35-29(28,34)24(33)23(27)26(2,3)13-12-21(27)31)10-9-19(16)25(28)36-22(32)11-6-17-4-7-18(30)8-5-17/h4-8,11,19-21,23-25,30-31,33-34H,1,9-10,12-15H2,2-3H3/b11-6+/t19-,20?,21?,23+,24-,25+,27?,28?,29-/m0/s1. The highest BCUT2D eigenvalue weighted by molar-refractivity contribution is 5.87. The minimum atomic E-state index is -1.90. The van der Waals surface area contributed by atoms with Crippen molar-refractivity contribution < 1.29 is 34.7 Å². The highest BCUT2D eigenvalue weighted by atomic mass is 16.6. The molecule has 1 aromatic carbocycles. The second-order valence-electron chi connectivity index (χ2n) is 12.5. The van der Waals surface area contributed by atoms with Crippen LogP contribution in [-0.2, 0) is 14.3 Å². The summed E-state index contributed by atoms with van der Waals surface area (Å²) in [6, 6.07) is 6.47. The van der Waals surface area contributed by atoms with Gasteiger partial charge in [0.25, 0.3) is 0 Å². The summed E-state index contributed by atoms with van der Waals surface area (Å²) in [5, 5.41) is 45.0. The Hall–Kier alpha value is -2.19. The van der Waals surface area contributed by atoms with E-state index in [9.17, 15) is 25.2 Å². The second-order valence-corrected chi connectivity index (χ2v) is 12.5. The molecule has 6 aliphatic rings. The Bertz CT molecular complexity index is 1120. The number of benzene rings is 1. The molecular formula is C29H36O7. The Balaban J connectivity index is 1.40. The van der Waals surface area contributed by atoms with Crippen molar-refractivity contribution in [3.8, 4) is 5.75 Å². The highest BCUT2D eigenvalue weighted by Crippen LogP contribution is 2.77. The van der Waals surface area contributed by atoms with E-state index in [1.807, 2.05) is 0 Å². The van der Waals surface area contributed by atoms with Gasteiger partial charge < -0.3 is 29.9 Å². The monoisotopic (exact) mass is 496 g/mol. The van der Waals surface area contributed by atoms with E-state index in [0.717, 1.165) is 30.4 Å². The quantitative estimate of drug-likeness (QED) is 0.289. The van der Waals surface area contributed by atoms with Gasteiger partial charge in [0, 0.05) is 23.3 Å². The number of aliphatic hydroxyl groups is 3. The van der Waals surface area contributed by atoms with Crippen molar-refractivity contribution in [1.29, 1.82) is 0 Å². The van der Waals surface area contributed by atoms with Crippen LogP contribution < -0.4 is 0 Å². The number of hydrogen-bond acceptors (Lipinski definition) is 7. The first kappa shape index (κ1) is 24.2. The van der Waals surface area contributed by atoms with Gasteiger partial charge >= 0.3 is 5.97 Å². The number of hydrogen-bond donors (Lipinski definition) is 4. The van der Waals surface area contributed by atoms with E-state index in [-0.39, 0.29) is 35.5 Å². The van der Waals surface area contributed by atoms with Gasteiger partial charge in [-0.05, 0) is 67.2 Å². The van der Waals surface area contributed by atoms with Gasteiger partial charge in [0.2, 0.25) is 5.79 Å². The van der Waals surface area contributed by atoms with Crippen molar-refractivity contribution in [3.05, 3.63) is 48.1 Å². The summed E-state index contributed by atoms with van der Waals surface area (Å²) in [5.41, 5.74) is -0.457. The largest absolute Gasteiger partial charge is 0.508 e. The number of aromatic hydroxyl groups is 1. The number of carbonyl (C=O) groups is 1. The first-order chi connectivity index (χ1) is 17.0. The molecule has 194 valence electrons. The van der Waals surface area contributed by atoms with E-state index < -0.39 is 40.9 Å². The van der Waals surface area contributed by atoms with E-state index in [2.05, 4.69) is 20.4 Å². The fraction of sp³-hybridized carbons (Fsp3) is 0.621. The number of fused-ring (bicyclic) bond motifs is 2. The topological polar surface area (TPSA) is 116 Å². The summed E-state index contributed by atoms with van der Waals surface area (Å²) in [7, 11) is 0. The molecule has 1 aromatic rings. The molecule has 4 aliphatic carbocycles. The average molecular weight is 497 g/mol. The van der Waals surface area contributed by atoms with Gasteiger partial charge in [-0.2, -0.15) is 0 Å². The van der Waals surface area contributed by atoms with Crippen LogP contribution in [0.25, 0.3) is 6.08 Å². The molecule has 0 amide bonds. The number of phenols is 1. The van der Waals surface area contributed by atoms with Crippen molar-refractivity contribution >= 4 is 12.0 Å². The lowest BCUT2D eigenvalue weighted by atomic mass is 9.36. The SMILES string of the molecule is C=C1CC23C(CC[C@@H]1[C@H]2OC(=O)/C=C/c1ccc(O)cc1)C12CO[C@@]3(O)[C@@H](O)[C@@H]1C(C)(C)CCC2O. The molecule has 4 saturated carbocycles. The molecule has 7 rings (SSSR count). The van der Waals surface area contributed by atoms with Crippen LogP contribution in [0.4, 0.5) is 0 Å². The second kappa shape index (κ2) is 7.67. The van der Waals surface area contributed by atoms with Gasteiger partial charge in [0.15, 0.2) is 0 Å². The number of ether oxygens (including phenoxy) is 2. The molecule has 2 heterocycles. The van der Waals surface area contributed by atoms with Crippen molar-refractivity contribution in [3.63, 3.8) is 0 Å². The molecule has 4 unspecified atom stereocenters. The highest BCUT2D eigenvalue weighted by Gasteiger charge is 2.84. The summed E-state index contributed by atoms with van der Waals surface area (Å²) < 4.78 is 12.3. The number of phenolic OH excluding ortho intramolecular Hbond substituents is 1. The third-order valence-electron chi connectivity index (χ3n) is 10.5. The van der Waals surface area contributed by atoms with Crippen LogP contribution in [0.5, 0.6) is 5.75 Å². The number of esters is 1. The van der Waals surface area contributed by atoms with Crippen molar-refractivity contribution in [1.82, 2.24) is 0 Å². The predicted octanol–water partition coefficient (Wildman–Crippen LogP) is 3.17. The molecule has 9 atom stereocenters. The van der Waals surface area contributed by atoms with Gasteiger partial charge in [0.05, 0.1) is 18.1 Å². The fourth-order valence-corrected chi connectivity index (χ4v) is 9.17. The molecular weight excluding hydrogens is 460 g/mol. The van der Waals surface area contributed by atoms with Gasteiger partial charge in [-0.25, -0.2) is 4.79 Å². The zero-order valence-corrected chi connectivity index (χ0v) is 20.9. The molecule has 4 N–H and O–H groups in total. The van der Waals surface area contributed by atoms with Crippen LogP contribution in [0, 0.1) is 34.0 Å². The molecule has 0 aromatic heterocycles. The Kier molecular flexibility index (Phi) is 5.15. The summed E-state index contributed by atoms with van der Waals surface area (Å²) in [6.07, 6.45) is 3.61. The van der Waals surface area contributed by atoms with Crippen LogP contribution >= 0.6 is 0 Å². The maximum atomic E-state index is 13.1. The van der Waals surface area contributed by atoms with Crippen LogP contribution in [0.1, 0.15) is 51.5 Å². The molecule has 2 saturated heterocycles. The Labute approximate surface area is 211 Å². The first-order valence-electron chi connectivity index (χ1n) is 13.1. The van der Waals surface area contributed by atoms with Crippen molar-refractivity contribution in [2.75, 3.05) is 6.61 Å². The normalized spacial score (nSPS) is 46.4. The maximum Gasteiger partial charge on any atom is 0.331 e. The molecule has 2 aliphatic heterocycles. The van der Waals surface area contributed by atoms with E-state index in [4.69, 9.17) is 9.47 Å². The molecule has 4 bridgehead atoms. The minimum absolute atomic E-state index is 0.141. The van der Waals surface area contributed by atoms with Crippen molar-refractivity contribution in [2.45, 2.75) is 70.1 Å². The summed E-state index contributed by atoms with van der Waals surface area (Å²) in [6.45, 7) is 8.68. The van der Waals surface area contributed by atoms with Crippen molar-refractivity contribution in [2.24, 2.45) is 34.0 Å². The third kappa shape index (κ3) is 2.86. The van der Waals surface area contributed by atoms with Crippen LogP contribution in [-0.4, -0.2) is 57.1 Å². The van der Waals surface area contributed by atoms with Crippen LogP contribution in [0.2, 0.25) is 0 Å². The number of carbonyl (C=O) groups excluding carboxylic acids is 1. The summed E-state index contributed by atoms with van der Waals surface area (Å²) in [5.74, 6) is -2.97. The first-order valence-corrected chi connectivity index (χ1v) is 13.1. The zero-order chi connectivity index (χ0) is 25.7. The lowest BCUT2D eigenvalue weighted by molar-refractivity contribution is -0.468. The van der Waals surface area contributed by atoms with E-state index in [1.165, 1.54) is 6.08 Å². The number of aliphatic hydroxyl groups excluding tert-OH is 2. The van der Waals surface area contributed by atoms with Gasteiger partial charge in [-0.15, -0.1) is 0 Å². The van der Waals surface area contributed by atoms with E-state index in [0.29, 0.717) is 12.8 Å². The van der Waals surface area contributed by atoms with Crippen LogP contribution in [0.15, 0.2) is 42.5 Å². The molecule has 2 spiro atoms. The minimum Gasteiger partial charge on any atom is -0.508 e. The summed E-state index contributed by atoms with van der Waals surface area (Å²) in [4.78, 5) is 13.1. The maximum absolute atomic E-state index is 13.1. The smallest absolute Gasteiger partial charge is 0.331 e. The lowest BCUT2D eigenvalue weighted by Crippen LogP contribution is -2.84. The number of rotatable bonds is 3. The average Bonchev–Trinajstić information content (AvgIpc) is 2.98. The predicted molar refractivity (Wildman–Crippen MR) is 131 cm³/mol. The van der Waals surface area contributed by atoms with Gasteiger partial charge in [-0.3, -0.25) is 0 Å². The third-order valence-corrected chi connectivity index (χ3v) is 10.5. The van der Waals surface area contributed by atoms with Crippen LogP contribution in [0.3, 0.4) is 0 Å². The molecule has 6 fully saturated rings. The Morgan fingerprint density at radius 1 is 1.17 bits per heavy atom. The van der Waals surface area contributed by atoms with Gasteiger partial charge in [-0.1, -0.05) is 38.1 Å². The molecule has 0 radical (unpaired) electrons. The van der Waals surface area contributed by atoms with E-state index in [1.54, 1.807) is 30.3 Å². The summed E-state index contributed by atoms with van der Waals surface area (Å²) >= 11 is 0.